The molecule has 3 aromatic rings. The third-order valence-corrected chi connectivity index (χ3v) is 6.64. The molecule has 0 spiro atoms. The Labute approximate surface area is 205 Å². The van der Waals surface area contributed by atoms with Crippen LogP contribution in [0.25, 0.3) is 0 Å². The highest BCUT2D eigenvalue weighted by molar-refractivity contribution is 7.92. The second-order valence-electron chi connectivity index (χ2n) is 8.23. The molecule has 1 aliphatic heterocycles. The van der Waals surface area contributed by atoms with E-state index in [1.54, 1.807) is 30.3 Å². The number of hydrogen-bond acceptors (Lipinski definition) is 6. The van der Waals surface area contributed by atoms with E-state index in [2.05, 4.69) is 5.32 Å². The van der Waals surface area contributed by atoms with Crippen LogP contribution in [0.3, 0.4) is 0 Å². The lowest BCUT2D eigenvalue weighted by Gasteiger charge is -2.24. The highest BCUT2D eigenvalue weighted by Gasteiger charge is 2.23. The number of anilines is 1. The van der Waals surface area contributed by atoms with Gasteiger partial charge >= 0.3 is 0 Å². The van der Waals surface area contributed by atoms with Crippen molar-refractivity contribution >= 4 is 21.6 Å². The van der Waals surface area contributed by atoms with E-state index in [-0.39, 0.29) is 12.6 Å². The number of ether oxygens (including phenoxy) is 3. The summed E-state index contributed by atoms with van der Waals surface area (Å²) in [6.45, 7) is 2.84. The molecular formula is C26H28N2O6S. The fraction of sp³-hybridized carbons (Fsp3) is 0.269. The van der Waals surface area contributed by atoms with E-state index in [0.717, 1.165) is 21.7 Å². The van der Waals surface area contributed by atoms with Crippen LogP contribution in [0.4, 0.5) is 5.69 Å². The van der Waals surface area contributed by atoms with Crippen LogP contribution in [0.15, 0.2) is 72.8 Å². The second kappa shape index (κ2) is 10.7. The van der Waals surface area contributed by atoms with Crippen LogP contribution >= 0.6 is 0 Å². The van der Waals surface area contributed by atoms with Gasteiger partial charge in [0.25, 0.3) is 0 Å². The Morgan fingerprint density at radius 3 is 2.37 bits per heavy atom. The molecule has 1 N–H and O–H groups in total. The van der Waals surface area contributed by atoms with Crippen molar-refractivity contribution in [2.24, 2.45) is 0 Å². The largest absolute Gasteiger partial charge is 0.489 e. The lowest BCUT2D eigenvalue weighted by atomic mass is 10.1. The highest BCUT2D eigenvalue weighted by Crippen LogP contribution is 2.32. The molecule has 1 heterocycles. The topological polar surface area (TPSA) is 94.2 Å². The minimum absolute atomic E-state index is 0.349. The molecule has 35 heavy (non-hydrogen) atoms. The van der Waals surface area contributed by atoms with Gasteiger partial charge in [0.2, 0.25) is 15.9 Å². The minimum Gasteiger partial charge on any atom is -0.489 e. The van der Waals surface area contributed by atoms with Gasteiger partial charge in [0, 0.05) is 0 Å². The molecule has 0 unspecified atom stereocenters. The molecular weight excluding hydrogens is 468 g/mol. The van der Waals surface area contributed by atoms with Gasteiger partial charge in [-0.15, -0.1) is 0 Å². The van der Waals surface area contributed by atoms with E-state index >= 15 is 0 Å². The summed E-state index contributed by atoms with van der Waals surface area (Å²) in [6.07, 6.45) is 1.07. The van der Waals surface area contributed by atoms with Gasteiger partial charge in [-0.25, -0.2) is 8.42 Å². The third kappa shape index (κ3) is 6.45. The van der Waals surface area contributed by atoms with Crippen LogP contribution < -0.4 is 23.8 Å². The Hall–Kier alpha value is -3.72. The summed E-state index contributed by atoms with van der Waals surface area (Å²) in [5.74, 6) is 1.46. The van der Waals surface area contributed by atoms with Crippen LogP contribution in [0.5, 0.6) is 17.2 Å². The van der Waals surface area contributed by atoms with Gasteiger partial charge < -0.3 is 19.5 Å². The maximum Gasteiger partial charge on any atom is 0.241 e. The summed E-state index contributed by atoms with van der Waals surface area (Å²) in [7, 11) is -3.70. The molecule has 1 atom stereocenters. The summed E-state index contributed by atoms with van der Waals surface area (Å²) in [6, 6.07) is 21.5. The first kappa shape index (κ1) is 24.4. The van der Waals surface area contributed by atoms with E-state index in [1.165, 1.54) is 0 Å². The summed E-state index contributed by atoms with van der Waals surface area (Å²) in [5.41, 5.74) is 2.23. The molecule has 0 aromatic heterocycles. The number of benzene rings is 3. The number of sulfonamides is 1. The zero-order valence-electron chi connectivity index (χ0n) is 19.6. The summed E-state index contributed by atoms with van der Waals surface area (Å²) in [5, 5.41) is 2.86. The van der Waals surface area contributed by atoms with Gasteiger partial charge in [0.15, 0.2) is 11.5 Å². The van der Waals surface area contributed by atoms with Crippen molar-refractivity contribution in [3.63, 3.8) is 0 Å². The zero-order valence-corrected chi connectivity index (χ0v) is 20.5. The van der Waals surface area contributed by atoms with Crippen LogP contribution in [0.1, 0.15) is 24.1 Å². The Bertz CT molecular complexity index is 1260. The molecule has 0 fully saturated rings. The average molecular weight is 497 g/mol. The van der Waals surface area contributed by atoms with Crippen molar-refractivity contribution in [1.29, 1.82) is 0 Å². The van der Waals surface area contributed by atoms with Gasteiger partial charge in [-0.3, -0.25) is 9.10 Å². The monoisotopic (exact) mass is 496 g/mol. The van der Waals surface area contributed by atoms with E-state index in [4.69, 9.17) is 14.2 Å². The SMILES string of the molecule is C[C@@H](NC(=O)CN(c1ccc(OCc2ccccc2)cc1)S(C)(=O)=O)c1ccc2c(c1)OCCO2. The minimum atomic E-state index is -3.70. The summed E-state index contributed by atoms with van der Waals surface area (Å²) < 4.78 is 42.9. The molecule has 0 saturated carbocycles. The van der Waals surface area contributed by atoms with Crippen molar-refractivity contribution in [3.05, 3.63) is 83.9 Å². The van der Waals surface area contributed by atoms with Gasteiger partial charge in [0.1, 0.15) is 32.1 Å². The van der Waals surface area contributed by atoms with Gasteiger partial charge in [-0.1, -0.05) is 36.4 Å². The Morgan fingerprint density at radius 1 is 1.00 bits per heavy atom. The number of carbonyl (C=O) groups excluding carboxylic acids is 1. The molecule has 0 radical (unpaired) electrons. The second-order valence-corrected chi connectivity index (χ2v) is 10.1. The van der Waals surface area contributed by atoms with Crippen molar-refractivity contribution in [2.45, 2.75) is 19.6 Å². The molecule has 4 rings (SSSR count). The number of carbonyl (C=O) groups is 1. The molecule has 1 aliphatic rings. The first-order valence-electron chi connectivity index (χ1n) is 11.2. The molecule has 0 saturated heterocycles. The molecule has 0 bridgehead atoms. The Kier molecular flexibility index (Phi) is 7.45. The van der Waals surface area contributed by atoms with Gasteiger partial charge in [0.05, 0.1) is 18.0 Å². The van der Waals surface area contributed by atoms with Gasteiger partial charge in [-0.05, 0) is 54.4 Å². The first-order valence-corrected chi connectivity index (χ1v) is 13.1. The van der Waals surface area contributed by atoms with Gasteiger partial charge in [-0.2, -0.15) is 0 Å². The van der Waals surface area contributed by atoms with Crippen LogP contribution in [-0.4, -0.2) is 40.3 Å². The standard InChI is InChI=1S/C26H28N2O6S/c1-19(21-8-13-24-25(16-21)33-15-14-32-24)27-26(29)17-28(35(2,30)31)22-9-11-23(12-10-22)34-18-20-6-4-3-5-7-20/h3-13,16,19H,14-15,17-18H2,1-2H3,(H,27,29)/t19-/m1/s1. The van der Waals surface area contributed by atoms with E-state index in [9.17, 15) is 13.2 Å². The number of nitrogens with zero attached hydrogens (tertiary/aromatic N) is 1. The number of rotatable bonds is 9. The van der Waals surface area contributed by atoms with E-state index in [0.29, 0.717) is 42.8 Å². The fourth-order valence-electron chi connectivity index (χ4n) is 3.68. The van der Waals surface area contributed by atoms with Crippen LogP contribution in [0, 0.1) is 0 Å². The lowest BCUT2D eigenvalue weighted by molar-refractivity contribution is -0.120. The molecule has 3 aromatic carbocycles. The highest BCUT2D eigenvalue weighted by atomic mass is 32.2. The van der Waals surface area contributed by atoms with Crippen LogP contribution in [0.2, 0.25) is 0 Å². The Morgan fingerprint density at radius 2 is 1.69 bits per heavy atom. The smallest absolute Gasteiger partial charge is 0.241 e. The quantitative estimate of drug-likeness (QED) is 0.486. The maximum atomic E-state index is 12.8. The molecule has 8 nitrogen and oxygen atoms in total. The summed E-state index contributed by atoms with van der Waals surface area (Å²) >= 11 is 0. The third-order valence-electron chi connectivity index (χ3n) is 5.50. The van der Waals surface area contributed by atoms with Crippen LogP contribution in [-0.2, 0) is 21.4 Å². The van der Waals surface area contributed by atoms with Crippen molar-refractivity contribution in [3.8, 4) is 17.2 Å². The molecule has 1 amide bonds. The van der Waals surface area contributed by atoms with Crippen molar-refractivity contribution in [2.75, 3.05) is 30.3 Å². The number of fused-ring (bicyclic) bond motifs is 1. The molecule has 0 aliphatic carbocycles. The predicted molar refractivity (Wildman–Crippen MR) is 133 cm³/mol. The number of nitrogens with one attached hydrogen (secondary N) is 1. The lowest BCUT2D eigenvalue weighted by Crippen LogP contribution is -2.41. The zero-order chi connectivity index (χ0) is 24.8. The van der Waals surface area contributed by atoms with E-state index < -0.39 is 15.9 Å². The van der Waals surface area contributed by atoms with Crippen molar-refractivity contribution in [1.82, 2.24) is 5.32 Å². The number of amides is 1. The average Bonchev–Trinajstić information content (AvgIpc) is 2.86. The first-order chi connectivity index (χ1) is 16.8. The fourth-order valence-corrected chi connectivity index (χ4v) is 4.54. The Balaban J connectivity index is 1.40. The van der Waals surface area contributed by atoms with Crippen molar-refractivity contribution < 1.29 is 27.4 Å². The maximum absolute atomic E-state index is 12.8. The molecule has 184 valence electrons. The normalized spacial score (nSPS) is 13.5. The van der Waals surface area contributed by atoms with E-state index in [1.807, 2.05) is 49.4 Å². The summed E-state index contributed by atoms with van der Waals surface area (Å²) in [4.78, 5) is 12.8. The number of hydrogen-bond donors (Lipinski definition) is 1. The predicted octanol–water partition coefficient (Wildman–Crippen LogP) is 3.68. The molecule has 9 heteroatoms.